The number of ether oxygens (including phenoxy) is 2. The first-order valence-corrected chi connectivity index (χ1v) is 13.1. The molecule has 176 valence electrons. The number of rotatable bonds is 5. The largest absolute Gasteiger partial charge is 0.469 e. The van der Waals surface area contributed by atoms with Crippen molar-refractivity contribution in [1.29, 1.82) is 0 Å². The smallest absolute Gasteiger partial charge is 0.311 e. The Bertz CT molecular complexity index is 677. The van der Waals surface area contributed by atoms with Crippen LogP contribution < -0.4 is 0 Å². The Kier molecular flexibility index (Phi) is 6.49. The van der Waals surface area contributed by atoms with Gasteiger partial charge in [0, 0.05) is 0 Å². The second kappa shape index (κ2) is 8.71. The van der Waals surface area contributed by atoms with E-state index in [2.05, 4.69) is 11.7 Å². The Labute approximate surface area is 189 Å². The lowest BCUT2D eigenvalue weighted by Crippen LogP contribution is -2.40. The van der Waals surface area contributed by atoms with E-state index in [1.54, 1.807) is 0 Å². The van der Waals surface area contributed by atoms with Crippen LogP contribution in [-0.4, -0.2) is 24.6 Å². The predicted molar refractivity (Wildman–Crippen MR) is 121 cm³/mol. The topological polar surface area (TPSA) is 52.6 Å². The van der Waals surface area contributed by atoms with E-state index in [1.807, 2.05) is 20.8 Å². The molecule has 0 aromatic carbocycles. The van der Waals surface area contributed by atoms with Crippen LogP contribution in [-0.2, 0) is 19.1 Å². The molecule has 5 rings (SSSR count). The van der Waals surface area contributed by atoms with Crippen molar-refractivity contribution in [2.45, 2.75) is 104 Å². The van der Waals surface area contributed by atoms with Gasteiger partial charge in [-0.25, -0.2) is 0 Å². The van der Waals surface area contributed by atoms with E-state index in [-0.39, 0.29) is 28.9 Å². The molecule has 0 heterocycles. The minimum atomic E-state index is -0.311. The summed E-state index contributed by atoms with van der Waals surface area (Å²) >= 11 is 0. The Hall–Kier alpha value is -1.06. The minimum absolute atomic E-state index is 0.0903. The molecule has 31 heavy (non-hydrogen) atoms. The van der Waals surface area contributed by atoms with E-state index in [0.717, 1.165) is 61.7 Å². The molecule has 0 saturated heterocycles. The molecule has 0 amide bonds. The first-order chi connectivity index (χ1) is 14.7. The Morgan fingerprint density at radius 3 is 2.13 bits per heavy atom. The number of carbonyl (C=O) groups excluding carboxylic acids is 2. The maximum atomic E-state index is 12.9. The zero-order valence-electron chi connectivity index (χ0n) is 20.5. The van der Waals surface area contributed by atoms with Gasteiger partial charge in [-0.3, -0.25) is 9.59 Å². The fourth-order valence-electron chi connectivity index (χ4n) is 8.09. The van der Waals surface area contributed by atoms with Gasteiger partial charge in [0.05, 0.1) is 18.4 Å². The van der Waals surface area contributed by atoms with Crippen molar-refractivity contribution < 1.29 is 19.1 Å². The molecule has 7 unspecified atom stereocenters. The highest BCUT2D eigenvalue weighted by Gasteiger charge is 2.63. The van der Waals surface area contributed by atoms with E-state index in [0.29, 0.717) is 5.92 Å². The van der Waals surface area contributed by atoms with Gasteiger partial charge in [0.2, 0.25) is 0 Å². The molecule has 5 aliphatic rings. The fraction of sp³-hybridized carbons (Fsp3) is 0.926. The normalized spacial score (nSPS) is 39.1. The van der Waals surface area contributed by atoms with Gasteiger partial charge in [-0.1, -0.05) is 13.8 Å². The average Bonchev–Trinajstić information content (AvgIpc) is 3.58. The molecule has 5 aliphatic carbocycles. The van der Waals surface area contributed by atoms with Gasteiger partial charge in [0.1, 0.15) is 5.60 Å². The summed E-state index contributed by atoms with van der Waals surface area (Å²) in [4.78, 5) is 23.8. The Morgan fingerprint density at radius 2 is 1.58 bits per heavy atom. The van der Waals surface area contributed by atoms with Gasteiger partial charge in [-0.15, -0.1) is 0 Å². The van der Waals surface area contributed by atoms with Crippen molar-refractivity contribution in [3.63, 3.8) is 0 Å². The van der Waals surface area contributed by atoms with Crippen LogP contribution in [0.2, 0.25) is 0 Å². The zero-order chi connectivity index (χ0) is 22.4. The highest BCUT2D eigenvalue weighted by Crippen LogP contribution is 2.69. The molecule has 0 aromatic rings. The number of fused-ring (bicyclic) bond motifs is 9. The second-order valence-corrected chi connectivity index (χ2v) is 11.9. The molecule has 5 fully saturated rings. The van der Waals surface area contributed by atoms with Crippen LogP contribution >= 0.6 is 0 Å². The van der Waals surface area contributed by atoms with Gasteiger partial charge < -0.3 is 9.47 Å². The molecule has 4 nitrogen and oxygen atoms in total. The van der Waals surface area contributed by atoms with E-state index in [9.17, 15) is 9.59 Å². The van der Waals surface area contributed by atoms with Crippen molar-refractivity contribution in [2.24, 2.45) is 46.8 Å². The molecule has 7 atom stereocenters. The van der Waals surface area contributed by atoms with Crippen LogP contribution in [0.1, 0.15) is 98.3 Å². The van der Waals surface area contributed by atoms with Gasteiger partial charge >= 0.3 is 11.9 Å². The summed E-state index contributed by atoms with van der Waals surface area (Å²) in [5.41, 5.74) is -0.401. The molecule has 0 N–H and O–H groups in total. The van der Waals surface area contributed by atoms with E-state index >= 15 is 0 Å². The summed E-state index contributed by atoms with van der Waals surface area (Å²) in [6, 6.07) is 0. The Balaban J connectivity index is 0.000000221. The SMILES string of the molecule is CCC(C)(C)C(=O)OC.CCC1(OC(=O)C2CC3CC2C2C4CCC(C4)C32)CCCC1. The summed E-state index contributed by atoms with van der Waals surface area (Å²) in [7, 11) is 1.42. The molecule has 0 aromatic heterocycles. The zero-order valence-corrected chi connectivity index (χ0v) is 20.5. The minimum Gasteiger partial charge on any atom is -0.469 e. The number of hydrogen-bond acceptors (Lipinski definition) is 4. The number of methoxy groups -OCH3 is 1. The molecule has 0 aliphatic heterocycles. The third-order valence-corrected chi connectivity index (χ3v) is 10.1. The number of carbonyl (C=O) groups is 2. The third-order valence-electron chi connectivity index (χ3n) is 10.1. The standard InChI is InChI=1S/C20H30O2.C7H14O2/c1-2-20(7-3-4-8-20)22-19(21)16-11-14-10-15(16)18-13-6-5-12(9-13)17(14)18;1-5-7(2,3)6(8)9-4/h12-18H,2-11H2,1H3;5H2,1-4H3. The maximum Gasteiger partial charge on any atom is 0.311 e. The monoisotopic (exact) mass is 432 g/mol. The van der Waals surface area contributed by atoms with Gasteiger partial charge in [0.25, 0.3) is 0 Å². The van der Waals surface area contributed by atoms with Crippen molar-refractivity contribution in [3.05, 3.63) is 0 Å². The van der Waals surface area contributed by atoms with Crippen LogP contribution in [0, 0.1) is 46.8 Å². The van der Waals surface area contributed by atoms with Crippen molar-refractivity contribution in [1.82, 2.24) is 0 Å². The molecular weight excluding hydrogens is 388 g/mol. The molecule has 0 spiro atoms. The summed E-state index contributed by atoms with van der Waals surface area (Å²) in [5.74, 6) is 5.76. The molecule has 5 saturated carbocycles. The predicted octanol–water partition coefficient (Wildman–Crippen LogP) is 6.17. The maximum absolute atomic E-state index is 12.9. The van der Waals surface area contributed by atoms with Crippen LogP contribution in [0.25, 0.3) is 0 Å². The number of esters is 2. The first-order valence-electron chi connectivity index (χ1n) is 13.1. The lowest BCUT2D eigenvalue weighted by Gasteiger charge is -2.39. The second-order valence-electron chi connectivity index (χ2n) is 11.9. The lowest BCUT2D eigenvalue weighted by atomic mass is 9.67. The molecule has 4 heteroatoms. The average molecular weight is 433 g/mol. The summed E-state index contributed by atoms with van der Waals surface area (Å²) in [6.45, 7) is 7.92. The highest BCUT2D eigenvalue weighted by molar-refractivity contribution is 5.75. The fourth-order valence-corrected chi connectivity index (χ4v) is 8.09. The van der Waals surface area contributed by atoms with Crippen LogP contribution in [0.15, 0.2) is 0 Å². The summed E-state index contributed by atoms with van der Waals surface area (Å²) < 4.78 is 10.7. The molecular formula is C27H44O4. The van der Waals surface area contributed by atoms with Crippen molar-refractivity contribution >= 4 is 11.9 Å². The van der Waals surface area contributed by atoms with Crippen LogP contribution in [0.3, 0.4) is 0 Å². The summed E-state index contributed by atoms with van der Waals surface area (Å²) in [6.07, 6.45) is 13.5. The van der Waals surface area contributed by atoms with E-state index < -0.39 is 0 Å². The van der Waals surface area contributed by atoms with E-state index in [1.165, 1.54) is 45.6 Å². The lowest BCUT2D eigenvalue weighted by molar-refractivity contribution is -0.168. The summed E-state index contributed by atoms with van der Waals surface area (Å²) in [5, 5.41) is 0. The quantitative estimate of drug-likeness (QED) is 0.385. The van der Waals surface area contributed by atoms with Crippen molar-refractivity contribution in [2.75, 3.05) is 7.11 Å². The van der Waals surface area contributed by atoms with Crippen molar-refractivity contribution in [3.8, 4) is 0 Å². The van der Waals surface area contributed by atoms with Crippen LogP contribution in [0.5, 0.6) is 0 Å². The van der Waals surface area contributed by atoms with Gasteiger partial charge in [0.15, 0.2) is 0 Å². The third kappa shape index (κ3) is 4.06. The molecule has 4 bridgehead atoms. The van der Waals surface area contributed by atoms with Crippen LogP contribution in [0.4, 0.5) is 0 Å². The molecule has 0 radical (unpaired) electrons. The van der Waals surface area contributed by atoms with Gasteiger partial charge in [-0.05, 0) is 120 Å². The highest BCUT2D eigenvalue weighted by atomic mass is 16.6. The first kappa shape index (κ1) is 23.1. The number of hydrogen-bond donors (Lipinski definition) is 0. The van der Waals surface area contributed by atoms with E-state index in [4.69, 9.17) is 4.74 Å². The Morgan fingerprint density at radius 1 is 0.935 bits per heavy atom. The van der Waals surface area contributed by atoms with Gasteiger partial charge in [-0.2, -0.15) is 0 Å².